The van der Waals surface area contributed by atoms with Crippen molar-refractivity contribution in [1.82, 2.24) is 20.2 Å². The van der Waals surface area contributed by atoms with Gasteiger partial charge in [-0.2, -0.15) is 0 Å². The summed E-state index contributed by atoms with van der Waals surface area (Å²) in [5.41, 5.74) is 0. The number of rotatable bonds is 4. The molecule has 1 aliphatic rings. The summed E-state index contributed by atoms with van der Waals surface area (Å²) < 4.78 is 1.72. The molecule has 1 saturated carbocycles. The minimum atomic E-state index is 0.553. The van der Waals surface area contributed by atoms with Crippen molar-refractivity contribution in [2.45, 2.75) is 38.1 Å². The summed E-state index contributed by atoms with van der Waals surface area (Å²) >= 11 is 5.87. The van der Waals surface area contributed by atoms with Crippen LogP contribution in [0.1, 0.15) is 32.1 Å². The third-order valence-corrected chi connectivity index (χ3v) is 3.36. The maximum absolute atomic E-state index is 5.87. The molecule has 5 nitrogen and oxygen atoms in total. The molecule has 0 unspecified atom stereocenters. The highest BCUT2D eigenvalue weighted by Gasteiger charge is 2.24. The lowest BCUT2D eigenvalue weighted by molar-refractivity contribution is 0.411. The van der Waals surface area contributed by atoms with Gasteiger partial charge in [-0.25, -0.2) is 4.68 Å². The molecule has 6 heteroatoms. The Morgan fingerprint density at radius 3 is 2.69 bits per heavy atom. The van der Waals surface area contributed by atoms with Gasteiger partial charge in [0.1, 0.15) is 0 Å². The zero-order chi connectivity index (χ0) is 11.4. The number of halogens is 1. The predicted molar refractivity (Wildman–Crippen MR) is 63.7 cm³/mol. The third kappa shape index (κ3) is 2.45. The van der Waals surface area contributed by atoms with Crippen LogP contribution >= 0.6 is 11.6 Å². The average Bonchev–Trinajstić information content (AvgIpc) is 2.73. The summed E-state index contributed by atoms with van der Waals surface area (Å²) in [6.45, 7) is 0.820. The molecule has 0 radical (unpaired) electrons. The molecule has 1 aliphatic carbocycles. The number of anilines is 1. The van der Waals surface area contributed by atoms with Gasteiger partial charge in [0.2, 0.25) is 5.95 Å². The van der Waals surface area contributed by atoms with Crippen LogP contribution in [0.5, 0.6) is 0 Å². The molecular formula is C10H18ClN5. The first-order chi connectivity index (χ1) is 7.83. The summed E-state index contributed by atoms with van der Waals surface area (Å²) in [6, 6.07) is 0.553. The van der Waals surface area contributed by atoms with Gasteiger partial charge >= 0.3 is 0 Å². The van der Waals surface area contributed by atoms with E-state index in [0.29, 0.717) is 11.9 Å². The Kier molecular flexibility index (Phi) is 3.98. The average molecular weight is 244 g/mol. The molecule has 1 heterocycles. The maximum Gasteiger partial charge on any atom is 0.245 e. The second kappa shape index (κ2) is 5.48. The highest BCUT2D eigenvalue weighted by molar-refractivity contribution is 6.18. The summed E-state index contributed by atoms with van der Waals surface area (Å²) in [7, 11) is 1.87. The van der Waals surface area contributed by atoms with E-state index in [1.165, 1.54) is 32.1 Å². The van der Waals surface area contributed by atoms with Crippen LogP contribution in [0.2, 0.25) is 0 Å². The van der Waals surface area contributed by atoms with Gasteiger partial charge in [0.15, 0.2) is 0 Å². The highest BCUT2D eigenvalue weighted by Crippen LogP contribution is 2.25. The van der Waals surface area contributed by atoms with E-state index in [-0.39, 0.29) is 0 Å². The van der Waals surface area contributed by atoms with Crippen LogP contribution in [-0.2, 0) is 7.05 Å². The molecule has 2 rings (SSSR count). The zero-order valence-electron chi connectivity index (χ0n) is 9.64. The fourth-order valence-corrected chi connectivity index (χ4v) is 2.58. The molecular weight excluding hydrogens is 226 g/mol. The molecule has 0 spiro atoms. The lowest BCUT2D eigenvalue weighted by Gasteiger charge is -2.33. The molecule has 0 aromatic carbocycles. The molecule has 0 atom stereocenters. The van der Waals surface area contributed by atoms with Gasteiger partial charge in [-0.05, 0) is 23.3 Å². The van der Waals surface area contributed by atoms with Crippen LogP contribution in [0, 0.1) is 0 Å². The first-order valence-corrected chi connectivity index (χ1v) is 6.41. The van der Waals surface area contributed by atoms with Crippen molar-refractivity contribution >= 4 is 17.5 Å². The number of nitrogens with zero attached hydrogens (tertiary/aromatic N) is 5. The van der Waals surface area contributed by atoms with Crippen LogP contribution in [-0.4, -0.2) is 38.7 Å². The van der Waals surface area contributed by atoms with E-state index in [4.69, 9.17) is 11.6 Å². The van der Waals surface area contributed by atoms with Crippen molar-refractivity contribution in [3.63, 3.8) is 0 Å². The zero-order valence-corrected chi connectivity index (χ0v) is 10.4. The Labute approximate surface area is 101 Å². The molecule has 16 heavy (non-hydrogen) atoms. The number of aryl methyl sites for hydroxylation is 1. The van der Waals surface area contributed by atoms with Gasteiger partial charge in [0.25, 0.3) is 0 Å². The fourth-order valence-electron chi connectivity index (χ4n) is 2.40. The molecule has 1 aromatic rings. The number of hydrogen-bond donors (Lipinski definition) is 0. The smallest absolute Gasteiger partial charge is 0.245 e. The third-order valence-electron chi connectivity index (χ3n) is 3.20. The first-order valence-electron chi connectivity index (χ1n) is 5.88. The lowest BCUT2D eigenvalue weighted by Crippen LogP contribution is -2.39. The van der Waals surface area contributed by atoms with E-state index < -0.39 is 0 Å². The van der Waals surface area contributed by atoms with Crippen molar-refractivity contribution in [2.24, 2.45) is 7.05 Å². The Morgan fingerprint density at radius 2 is 2.12 bits per heavy atom. The van der Waals surface area contributed by atoms with Crippen molar-refractivity contribution in [2.75, 3.05) is 17.3 Å². The summed E-state index contributed by atoms with van der Waals surface area (Å²) in [6.07, 6.45) is 6.40. The van der Waals surface area contributed by atoms with Crippen LogP contribution < -0.4 is 4.90 Å². The Hall–Kier alpha value is -0.840. The van der Waals surface area contributed by atoms with Crippen LogP contribution in [0.25, 0.3) is 0 Å². The molecule has 1 fully saturated rings. The van der Waals surface area contributed by atoms with Crippen molar-refractivity contribution in [3.8, 4) is 0 Å². The minimum absolute atomic E-state index is 0.553. The lowest BCUT2D eigenvalue weighted by atomic mass is 9.94. The van der Waals surface area contributed by atoms with E-state index in [1.807, 2.05) is 7.05 Å². The van der Waals surface area contributed by atoms with E-state index >= 15 is 0 Å². The predicted octanol–water partition coefficient (Wildman–Crippen LogP) is 1.59. The van der Waals surface area contributed by atoms with E-state index in [9.17, 15) is 0 Å². The van der Waals surface area contributed by atoms with Crippen molar-refractivity contribution in [1.29, 1.82) is 0 Å². The van der Waals surface area contributed by atoms with E-state index in [0.717, 1.165) is 12.5 Å². The minimum Gasteiger partial charge on any atom is -0.336 e. The summed E-state index contributed by atoms with van der Waals surface area (Å²) in [5.74, 6) is 1.45. The Balaban J connectivity index is 2.12. The van der Waals surface area contributed by atoms with Gasteiger partial charge in [-0.15, -0.1) is 11.6 Å². The van der Waals surface area contributed by atoms with Crippen LogP contribution in [0.4, 0.5) is 5.95 Å². The fraction of sp³-hybridized carbons (Fsp3) is 0.900. The molecule has 90 valence electrons. The maximum atomic E-state index is 5.87. The largest absolute Gasteiger partial charge is 0.336 e. The number of tetrazole rings is 1. The highest BCUT2D eigenvalue weighted by atomic mass is 35.5. The summed E-state index contributed by atoms with van der Waals surface area (Å²) in [4.78, 5) is 2.26. The monoisotopic (exact) mass is 243 g/mol. The van der Waals surface area contributed by atoms with Crippen LogP contribution in [0.15, 0.2) is 0 Å². The quantitative estimate of drug-likeness (QED) is 0.754. The van der Waals surface area contributed by atoms with E-state index in [2.05, 4.69) is 20.4 Å². The molecule has 0 bridgehead atoms. The Bertz CT molecular complexity index is 321. The number of alkyl halides is 1. The normalized spacial score (nSPS) is 17.6. The van der Waals surface area contributed by atoms with Crippen molar-refractivity contribution in [3.05, 3.63) is 0 Å². The van der Waals surface area contributed by atoms with E-state index in [1.54, 1.807) is 4.68 Å². The van der Waals surface area contributed by atoms with Crippen LogP contribution in [0.3, 0.4) is 0 Å². The SMILES string of the molecule is Cn1nnnc1N(CCCl)C1CCCCC1. The van der Waals surface area contributed by atoms with Gasteiger partial charge in [0, 0.05) is 25.5 Å². The summed E-state index contributed by atoms with van der Waals surface area (Å²) in [5, 5.41) is 11.7. The van der Waals surface area contributed by atoms with Crippen molar-refractivity contribution < 1.29 is 0 Å². The molecule has 0 amide bonds. The Morgan fingerprint density at radius 1 is 1.38 bits per heavy atom. The van der Waals surface area contributed by atoms with Gasteiger partial charge in [-0.3, -0.25) is 0 Å². The topological polar surface area (TPSA) is 46.8 Å². The van der Waals surface area contributed by atoms with Gasteiger partial charge in [-0.1, -0.05) is 24.4 Å². The molecule has 1 aromatic heterocycles. The number of hydrogen-bond acceptors (Lipinski definition) is 4. The number of aromatic nitrogens is 4. The standard InChI is InChI=1S/C10H18ClN5/c1-15-10(12-13-14-15)16(8-7-11)9-5-3-2-4-6-9/h9H,2-8H2,1H3. The van der Waals surface area contributed by atoms with Gasteiger partial charge in [0.05, 0.1) is 0 Å². The second-order valence-electron chi connectivity index (χ2n) is 4.28. The second-order valence-corrected chi connectivity index (χ2v) is 4.65. The van der Waals surface area contributed by atoms with Gasteiger partial charge < -0.3 is 4.90 Å². The molecule has 0 N–H and O–H groups in total. The first kappa shape index (κ1) is 11.6. The molecule has 0 aliphatic heterocycles. The molecule has 0 saturated heterocycles.